The minimum absolute atomic E-state index is 0.0274. The van der Waals surface area contributed by atoms with E-state index in [0.29, 0.717) is 18.0 Å². The molecular formula is C21H26N2O4. The number of amides is 1. The van der Waals surface area contributed by atoms with Crippen LogP contribution in [0.2, 0.25) is 0 Å². The van der Waals surface area contributed by atoms with Crippen LogP contribution in [0.25, 0.3) is 0 Å². The summed E-state index contributed by atoms with van der Waals surface area (Å²) in [5.74, 6) is 0.564. The van der Waals surface area contributed by atoms with E-state index >= 15 is 0 Å². The lowest BCUT2D eigenvalue weighted by Gasteiger charge is -2.32. The van der Waals surface area contributed by atoms with Gasteiger partial charge in [-0.2, -0.15) is 0 Å². The van der Waals surface area contributed by atoms with Crippen LogP contribution in [-0.4, -0.2) is 42.7 Å². The number of nitrogens with zero attached hydrogens (tertiary/aromatic N) is 1. The van der Waals surface area contributed by atoms with Gasteiger partial charge in [0.25, 0.3) is 0 Å². The molecule has 6 nitrogen and oxygen atoms in total. The zero-order chi connectivity index (χ0) is 19.4. The van der Waals surface area contributed by atoms with E-state index in [0.717, 1.165) is 25.1 Å². The lowest BCUT2D eigenvalue weighted by atomic mass is 9.99. The van der Waals surface area contributed by atoms with Crippen LogP contribution in [0.1, 0.15) is 23.6 Å². The molecule has 3 rings (SSSR count). The first-order valence-corrected chi connectivity index (χ1v) is 9.06. The van der Waals surface area contributed by atoms with Gasteiger partial charge in [0, 0.05) is 19.6 Å². The molecule has 0 saturated heterocycles. The highest BCUT2D eigenvalue weighted by Gasteiger charge is 2.25. The van der Waals surface area contributed by atoms with Crippen molar-refractivity contribution in [3.63, 3.8) is 0 Å². The molecule has 1 aliphatic rings. The number of carbonyl (C=O) groups is 1. The van der Waals surface area contributed by atoms with Crippen LogP contribution in [0.4, 0.5) is 0 Å². The molecule has 2 aromatic rings. The van der Waals surface area contributed by atoms with E-state index in [9.17, 15) is 9.90 Å². The van der Waals surface area contributed by atoms with Gasteiger partial charge in [0.15, 0.2) is 11.5 Å². The zero-order valence-electron chi connectivity index (χ0n) is 16.0. The maximum atomic E-state index is 12.6. The summed E-state index contributed by atoms with van der Waals surface area (Å²) in [7, 11) is 2.96. The van der Waals surface area contributed by atoms with E-state index in [4.69, 9.17) is 9.47 Å². The van der Waals surface area contributed by atoms with Gasteiger partial charge in [-0.05, 0) is 42.2 Å². The minimum atomic E-state index is -0.223. The number of nitrogens with one attached hydrogen (secondary N) is 1. The van der Waals surface area contributed by atoms with Crippen LogP contribution >= 0.6 is 0 Å². The average molecular weight is 370 g/mol. The van der Waals surface area contributed by atoms with Gasteiger partial charge < -0.3 is 19.9 Å². The summed E-state index contributed by atoms with van der Waals surface area (Å²) < 4.78 is 10.3. The number of carbonyl (C=O) groups excluding carboxylic acids is 1. The van der Waals surface area contributed by atoms with Gasteiger partial charge in [0.1, 0.15) is 0 Å². The predicted molar refractivity (Wildman–Crippen MR) is 103 cm³/mol. The predicted octanol–water partition coefficient (Wildman–Crippen LogP) is 2.47. The maximum Gasteiger partial charge on any atom is 0.237 e. The van der Waals surface area contributed by atoms with E-state index in [1.165, 1.54) is 25.3 Å². The number of hydrogen-bond acceptors (Lipinski definition) is 5. The molecule has 6 heteroatoms. The molecule has 0 saturated carbocycles. The third-order valence-electron chi connectivity index (χ3n) is 5.09. The molecule has 0 aliphatic carbocycles. The van der Waals surface area contributed by atoms with Crippen LogP contribution < -0.4 is 14.8 Å². The van der Waals surface area contributed by atoms with Gasteiger partial charge in [-0.3, -0.25) is 9.69 Å². The van der Waals surface area contributed by atoms with Crippen LogP contribution in [0.15, 0.2) is 36.4 Å². The van der Waals surface area contributed by atoms with Crippen molar-refractivity contribution < 1.29 is 19.4 Å². The number of ether oxygens (including phenoxy) is 2. The second-order valence-electron chi connectivity index (χ2n) is 6.73. The Morgan fingerprint density at radius 2 is 1.81 bits per heavy atom. The SMILES string of the molecule is COc1cc(CNC(=O)C(C)N2CCc3ccccc3C2)cc(OC)c1O. The van der Waals surface area contributed by atoms with Crippen molar-refractivity contribution in [2.45, 2.75) is 32.5 Å². The molecule has 1 atom stereocenters. The number of phenols is 1. The fourth-order valence-electron chi connectivity index (χ4n) is 3.40. The maximum absolute atomic E-state index is 12.6. The molecule has 0 bridgehead atoms. The standard InChI is InChI=1S/C21H26N2O4/c1-14(23-9-8-16-6-4-5-7-17(16)13-23)21(25)22-12-15-10-18(26-2)20(24)19(11-15)27-3/h4-7,10-11,14,24H,8-9,12-13H2,1-3H3,(H,22,25). The Morgan fingerprint density at radius 1 is 1.19 bits per heavy atom. The first-order valence-electron chi connectivity index (χ1n) is 9.06. The summed E-state index contributed by atoms with van der Waals surface area (Å²) in [5.41, 5.74) is 3.45. The molecule has 1 heterocycles. The Labute approximate surface area is 159 Å². The average Bonchev–Trinajstić information content (AvgIpc) is 2.71. The lowest BCUT2D eigenvalue weighted by molar-refractivity contribution is -0.126. The van der Waals surface area contributed by atoms with E-state index in [1.54, 1.807) is 12.1 Å². The van der Waals surface area contributed by atoms with Crippen LogP contribution in [0, 0.1) is 0 Å². The van der Waals surface area contributed by atoms with Crippen molar-refractivity contribution in [1.82, 2.24) is 10.2 Å². The first-order chi connectivity index (χ1) is 13.0. The van der Waals surface area contributed by atoms with Crippen molar-refractivity contribution in [1.29, 1.82) is 0 Å². The van der Waals surface area contributed by atoms with Crippen molar-refractivity contribution >= 4 is 5.91 Å². The number of hydrogen-bond donors (Lipinski definition) is 2. The quantitative estimate of drug-likeness (QED) is 0.817. The van der Waals surface area contributed by atoms with E-state index < -0.39 is 0 Å². The Bertz CT molecular complexity index is 797. The Morgan fingerprint density at radius 3 is 2.44 bits per heavy atom. The van der Waals surface area contributed by atoms with E-state index in [1.807, 2.05) is 13.0 Å². The molecule has 0 radical (unpaired) electrons. The molecule has 1 aliphatic heterocycles. The smallest absolute Gasteiger partial charge is 0.237 e. The summed E-state index contributed by atoms with van der Waals surface area (Å²) in [6, 6.07) is 11.5. The second-order valence-corrected chi connectivity index (χ2v) is 6.73. The Hall–Kier alpha value is -2.73. The van der Waals surface area contributed by atoms with E-state index in [2.05, 4.69) is 28.4 Å². The van der Waals surface area contributed by atoms with Crippen molar-refractivity contribution in [3.8, 4) is 17.2 Å². The molecule has 2 aromatic carbocycles. The molecule has 0 aromatic heterocycles. The number of aromatic hydroxyl groups is 1. The summed E-state index contributed by atoms with van der Waals surface area (Å²) in [6.07, 6.45) is 0.958. The largest absolute Gasteiger partial charge is 0.502 e. The van der Waals surface area contributed by atoms with Crippen molar-refractivity contribution in [2.24, 2.45) is 0 Å². The Balaban J connectivity index is 1.63. The van der Waals surface area contributed by atoms with Crippen LogP contribution in [0.5, 0.6) is 17.2 Å². The highest BCUT2D eigenvalue weighted by atomic mass is 16.5. The molecule has 0 fully saturated rings. The lowest BCUT2D eigenvalue weighted by Crippen LogP contribution is -2.46. The summed E-state index contributed by atoms with van der Waals surface area (Å²) in [4.78, 5) is 14.8. The molecule has 2 N–H and O–H groups in total. The van der Waals surface area contributed by atoms with Gasteiger partial charge in [-0.1, -0.05) is 24.3 Å². The molecule has 1 unspecified atom stereocenters. The zero-order valence-corrected chi connectivity index (χ0v) is 16.0. The highest BCUT2D eigenvalue weighted by molar-refractivity contribution is 5.81. The molecule has 144 valence electrons. The summed E-state index contributed by atoms with van der Waals surface area (Å²) >= 11 is 0. The van der Waals surface area contributed by atoms with Crippen LogP contribution in [0.3, 0.4) is 0 Å². The first kappa shape index (κ1) is 19.0. The fourth-order valence-corrected chi connectivity index (χ4v) is 3.40. The van der Waals surface area contributed by atoms with Gasteiger partial charge in [-0.25, -0.2) is 0 Å². The van der Waals surface area contributed by atoms with Crippen molar-refractivity contribution in [2.75, 3.05) is 20.8 Å². The number of fused-ring (bicyclic) bond motifs is 1. The van der Waals surface area contributed by atoms with Gasteiger partial charge in [-0.15, -0.1) is 0 Å². The van der Waals surface area contributed by atoms with Gasteiger partial charge in [0.05, 0.1) is 20.3 Å². The second kappa shape index (κ2) is 8.31. The topological polar surface area (TPSA) is 71.0 Å². The molecule has 1 amide bonds. The van der Waals surface area contributed by atoms with Gasteiger partial charge >= 0.3 is 0 Å². The molecule has 27 heavy (non-hydrogen) atoms. The fraction of sp³-hybridized carbons (Fsp3) is 0.381. The summed E-state index contributed by atoms with van der Waals surface area (Å²) in [5, 5.41) is 13.0. The Kier molecular flexibility index (Phi) is 5.86. The van der Waals surface area contributed by atoms with E-state index in [-0.39, 0.29) is 17.7 Å². The monoisotopic (exact) mass is 370 g/mol. The minimum Gasteiger partial charge on any atom is -0.502 e. The third-order valence-corrected chi connectivity index (χ3v) is 5.09. The van der Waals surface area contributed by atoms with Crippen molar-refractivity contribution in [3.05, 3.63) is 53.1 Å². The molecular weight excluding hydrogens is 344 g/mol. The number of phenolic OH excluding ortho intramolecular Hbond substituents is 1. The highest BCUT2D eigenvalue weighted by Crippen LogP contribution is 2.37. The normalized spacial score (nSPS) is 14.9. The molecule has 0 spiro atoms. The van der Waals surface area contributed by atoms with Gasteiger partial charge in [0.2, 0.25) is 11.7 Å². The van der Waals surface area contributed by atoms with Crippen LogP contribution in [-0.2, 0) is 24.3 Å². The number of benzene rings is 2. The summed E-state index contributed by atoms with van der Waals surface area (Å²) in [6.45, 7) is 3.92. The number of methoxy groups -OCH3 is 2. The number of rotatable bonds is 6. The third kappa shape index (κ3) is 4.17.